The molecule has 0 saturated carbocycles. The number of halogens is 1. The van der Waals surface area contributed by atoms with E-state index in [0.717, 1.165) is 36.7 Å². The molecule has 9 nitrogen and oxygen atoms in total. The van der Waals surface area contributed by atoms with Gasteiger partial charge >= 0.3 is 0 Å². The fourth-order valence-corrected chi connectivity index (χ4v) is 5.91. The minimum absolute atomic E-state index is 0.0159. The van der Waals surface area contributed by atoms with Gasteiger partial charge in [0.2, 0.25) is 0 Å². The summed E-state index contributed by atoms with van der Waals surface area (Å²) in [5, 5.41) is 4.32. The molecule has 3 aromatic carbocycles. The van der Waals surface area contributed by atoms with Gasteiger partial charge in [0.15, 0.2) is 6.61 Å². The van der Waals surface area contributed by atoms with Crippen LogP contribution in [-0.2, 0) is 19.6 Å². The lowest BCUT2D eigenvalue weighted by molar-refractivity contribution is -0.134. The van der Waals surface area contributed by atoms with Gasteiger partial charge in [0.25, 0.3) is 21.8 Å². The van der Waals surface area contributed by atoms with E-state index < -0.39 is 22.5 Å². The Balaban J connectivity index is 1.38. The van der Waals surface area contributed by atoms with Gasteiger partial charge in [0.1, 0.15) is 12.3 Å². The number of carbonyl (C=O) groups excluding carboxylic acids is 2. The van der Waals surface area contributed by atoms with Crippen molar-refractivity contribution >= 4 is 45.3 Å². The molecule has 1 heterocycles. The zero-order chi connectivity index (χ0) is 28.5. The van der Waals surface area contributed by atoms with Crippen LogP contribution in [-0.4, -0.2) is 57.6 Å². The number of hydrogen-bond acceptors (Lipinski definition) is 6. The smallest absolute Gasteiger partial charge is 0.264 e. The molecule has 1 fully saturated rings. The molecule has 0 aliphatic carbocycles. The minimum atomic E-state index is -4.07. The molecule has 4 rings (SSSR count). The van der Waals surface area contributed by atoms with Gasteiger partial charge < -0.3 is 9.64 Å². The van der Waals surface area contributed by atoms with E-state index in [1.165, 1.54) is 24.4 Å². The van der Waals surface area contributed by atoms with Crippen LogP contribution in [0.3, 0.4) is 0 Å². The van der Waals surface area contributed by atoms with Crippen molar-refractivity contribution < 1.29 is 22.7 Å². The van der Waals surface area contributed by atoms with Gasteiger partial charge in [0.05, 0.1) is 16.8 Å². The third kappa shape index (κ3) is 7.61. The number of nitrogens with zero attached hydrogens (tertiary/aromatic N) is 3. The number of ether oxygens (including phenoxy) is 1. The number of sulfonamides is 1. The predicted molar refractivity (Wildman–Crippen MR) is 155 cm³/mol. The monoisotopic (exact) mass is 582 g/mol. The van der Waals surface area contributed by atoms with E-state index >= 15 is 0 Å². The van der Waals surface area contributed by atoms with Crippen molar-refractivity contribution in [2.24, 2.45) is 5.10 Å². The molecule has 1 aliphatic heterocycles. The Morgan fingerprint density at radius 1 is 1.02 bits per heavy atom. The minimum Gasteiger partial charge on any atom is -0.484 e. The van der Waals surface area contributed by atoms with Gasteiger partial charge in [-0.25, -0.2) is 13.8 Å². The molecule has 0 unspecified atom stereocenters. The lowest BCUT2D eigenvalue weighted by atomic mass is 10.1. The van der Waals surface area contributed by atoms with Crippen molar-refractivity contribution in [1.82, 2.24) is 10.3 Å². The maximum absolute atomic E-state index is 13.5. The fourth-order valence-electron chi connectivity index (χ4n) is 4.24. The third-order valence-corrected chi connectivity index (χ3v) is 8.42. The van der Waals surface area contributed by atoms with Crippen LogP contribution in [0.15, 0.2) is 82.8 Å². The Morgan fingerprint density at radius 3 is 2.42 bits per heavy atom. The molecule has 0 atom stereocenters. The van der Waals surface area contributed by atoms with E-state index in [-0.39, 0.29) is 17.4 Å². The Kier molecular flexibility index (Phi) is 9.79. The lowest BCUT2D eigenvalue weighted by Gasteiger charge is -2.26. The molecule has 2 amide bonds. The van der Waals surface area contributed by atoms with Gasteiger partial charge in [-0.3, -0.25) is 13.9 Å². The summed E-state index contributed by atoms with van der Waals surface area (Å²) in [5.74, 6) is -0.110. The first kappa shape index (κ1) is 29.1. The first-order valence-corrected chi connectivity index (χ1v) is 14.7. The Labute approximate surface area is 239 Å². The first-order chi connectivity index (χ1) is 19.2. The van der Waals surface area contributed by atoms with Crippen LogP contribution in [0.1, 0.15) is 30.4 Å². The second-order valence-electron chi connectivity index (χ2n) is 9.35. The zero-order valence-electron chi connectivity index (χ0n) is 22.1. The second kappa shape index (κ2) is 13.5. The van der Waals surface area contributed by atoms with E-state index in [1.54, 1.807) is 61.5 Å². The van der Waals surface area contributed by atoms with E-state index in [9.17, 15) is 18.0 Å². The Hall–Kier alpha value is -3.89. The summed E-state index contributed by atoms with van der Waals surface area (Å²) < 4.78 is 33.6. The van der Waals surface area contributed by atoms with Crippen molar-refractivity contribution in [3.8, 4) is 5.75 Å². The van der Waals surface area contributed by atoms with Crippen LogP contribution in [0, 0.1) is 6.92 Å². The number of nitrogens with one attached hydrogen (secondary N) is 1. The van der Waals surface area contributed by atoms with Gasteiger partial charge in [-0.15, -0.1) is 0 Å². The number of rotatable bonds is 10. The van der Waals surface area contributed by atoms with Crippen LogP contribution in [0.2, 0.25) is 5.02 Å². The average Bonchev–Trinajstić information content (AvgIpc) is 2.97. The highest BCUT2D eigenvalue weighted by Crippen LogP contribution is 2.29. The molecule has 210 valence electrons. The highest BCUT2D eigenvalue weighted by Gasteiger charge is 2.28. The first-order valence-electron chi connectivity index (χ1n) is 12.9. The van der Waals surface area contributed by atoms with Crippen LogP contribution in [0.25, 0.3) is 0 Å². The molecule has 0 radical (unpaired) electrons. The van der Waals surface area contributed by atoms with Crippen LogP contribution in [0.5, 0.6) is 5.75 Å². The number of piperidine rings is 1. The third-order valence-electron chi connectivity index (χ3n) is 6.41. The number of amides is 2. The summed E-state index contributed by atoms with van der Waals surface area (Å²) in [4.78, 5) is 27.0. The SMILES string of the molecule is Cc1ccc(Cl)cc1N(CC(=O)N/N=C\c1ccc(OCC(=O)N2CCCCC2)cc1)S(=O)(=O)c1ccccc1. The molecule has 3 aromatic rings. The summed E-state index contributed by atoms with van der Waals surface area (Å²) in [6.45, 7) is 2.77. The molecule has 0 spiro atoms. The van der Waals surface area contributed by atoms with Gasteiger partial charge in [-0.1, -0.05) is 35.9 Å². The van der Waals surface area contributed by atoms with Crippen LogP contribution >= 0.6 is 11.6 Å². The van der Waals surface area contributed by atoms with Gasteiger partial charge in [-0.2, -0.15) is 5.10 Å². The average molecular weight is 583 g/mol. The van der Waals surface area contributed by atoms with Crippen LogP contribution in [0.4, 0.5) is 5.69 Å². The standard InChI is InChI=1S/C29H31ClN4O5S/c1-22-10-13-24(30)18-27(22)34(40(37,38)26-8-4-2-5-9-26)20-28(35)32-31-19-23-11-14-25(15-12-23)39-21-29(36)33-16-6-3-7-17-33/h2,4-5,8-15,18-19H,3,6-7,16-17,20-21H2,1H3,(H,32,35)/b31-19-. The summed E-state index contributed by atoms with van der Waals surface area (Å²) in [6.07, 6.45) is 4.64. The molecule has 11 heteroatoms. The van der Waals surface area contributed by atoms with Crippen LogP contribution < -0.4 is 14.5 Å². The molecule has 40 heavy (non-hydrogen) atoms. The summed E-state index contributed by atoms with van der Waals surface area (Å²) in [6, 6.07) is 19.6. The normalized spacial score (nSPS) is 13.7. The highest BCUT2D eigenvalue weighted by atomic mass is 35.5. The summed E-state index contributed by atoms with van der Waals surface area (Å²) in [7, 11) is -4.07. The number of aryl methyl sites for hydroxylation is 1. The Morgan fingerprint density at radius 2 is 1.73 bits per heavy atom. The summed E-state index contributed by atoms with van der Waals surface area (Å²) >= 11 is 6.15. The van der Waals surface area contributed by atoms with E-state index in [0.29, 0.717) is 27.6 Å². The number of benzene rings is 3. The topological polar surface area (TPSA) is 108 Å². The maximum Gasteiger partial charge on any atom is 0.264 e. The quantitative estimate of drug-likeness (QED) is 0.282. The van der Waals surface area contributed by atoms with Crippen molar-refractivity contribution in [3.63, 3.8) is 0 Å². The number of carbonyl (C=O) groups is 2. The van der Waals surface area contributed by atoms with Crippen molar-refractivity contribution in [1.29, 1.82) is 0 Å². The molecule has 0 aromatic heterocycles. The van der Waals surface area contributed by atoms with Gasteiger partial charge in [-0.05, 0) is 85.8 Å². The molecule has 1 N–H and O–H groups in total. The van der Waals surface area contributed by atoms with E-state index in [4.69, 9.17) is 16.3 Å². The van der Waals surface area contributed by atoms with E-state index in [1.807, 2.05) is 4.90 Å². The Bertz CT molecular complexity index is 1460. The van der Waals surface area contributed by atoms with Crippen molar-refractivity contribution in [2.45, 2.75) is 31.1 Å². The number of likely N-dealkylation sites (tertiary alicyclic amines) is 1. The number of hydrogen-bond donors (Lipinski definition) is 1. The molecule has 0 bridgehead atoms. The number of anilines is 1. The molecular weight excluding hydrogens is 552 g/mol. The second-order valence-corrected chi connectivity index (χ2v) is 11.6. The lowest BCUT2D eigenvalue weighted by Crippen LogP contribution is -2.40. The zero-order valence-corrected chi connectivity index (χ0v) is 23.7. The van der Waals surface area contributed by atoms with E-state index in [2.05, 4.69) is 10.5 Å². The van der Waals surface area contributed by atoms with Crippen molar-refractivity contribution in [2.75, 3.05) is 30.5 Å². The fraction of sp³-hybridized carbons (Fsp3) is 0.276. The maximum atomic E-state index is 13.5. The largest absolute Gasteiger partial charge is 0.484 e. The van der Waals surface area contributed by atoms with Crippen molar-refractivity contribution in [3.05, 3.63) is 88.9 Å². The van der Waals surface area contributed by atoms with Gasteiger partial charge in [0, 0.05) is 18.1 Å². The highest BCUT2D eigenvalue weighted by molar-refractivity contribution is 7.92. The predicted octanol–water partition coefficient (Wildman–Crippen LogP) is 4.39. The number of hydrazone groups is 1. The summed E-state index contributed by atoms with van der Waals surface area (Å²) in [5.41, 5.74) is 4.00. The molecule has 1 saturated heterocycles. The molecule has 1 aliphatic rings. The molecular formula is C29H31ClN4O5S.